The van der Waals surface area contributed by atoms with E-state index in [4.69, 9.17) is 10.9 Å². The van der Waals surface area contributed by atoms with E-state index in [-0.39, 0.29) is 23.4 Å². The fourth-order valence-corrected chi connectivity index (χ4v) is 2.18. The fourth-order valence-electron chi connectivity index (χ4n) is 1.78. The average Bonchev–Trinajstić information content (AvgIpc) is 2.42. The van der Waals surface area contributed by atoms with Crippen LogP contribution in [0.5, 0.6) is 0 Å². The predicted octanol–water partition coefficient (Wildman–Crippen LogP) is 2.57. The van der Waals surface area contributed by atoms with Gasteiger partial charge in [-0.15, -0.1) is 0 Å². The summed E-state index contributed by atoms with van der Waals surface area (Å²) in [5.41, 5.74) is 4.83. The van der Waals surface area contributed by atoms with Crippen molar-refractivity contribution in [2.75, 3.05) is 13.1 Å². The first-order valence-corrected chi connectivity index (χ1v) is 7.02. The van der Waals surface area contributed by atoms with Crippen LogP contribution < -0.4 is 5.73 Å². The highest BCUT2D eigenvalue weighted by molar-refractivity contribution is 9.10. The van der Waals surface area contributed by atoms with Crippen LogP contribution in [0, 0.1) is 17.6 Å². The van der Waals surface area contributed by atoms with Gasteiger partial charge < -0.3 is 15.8 Å². The number of hydrogen-bond donors (Lipinski definition) is 2. The van der Waals surface area contributed by atoms with Crippen molar-refractivity contribution in [3.05, 3.63) is 33.8 Å². The van der Waals surface area contributed by atoms with Gasteiger partial charge in [0.1, 0.15) is 23.0 Å². The molecule has 0 radical (unpaired) electrons. The maximum atomic E-state index is 13.8. The molecule has 0 saturated heterocycles. The molecule has 0 aliphatic heterocycles. The Hall–Kier alpha value is -1.70. The third kappa shape index (κ3) is 4.13. The lowest BCUT2D eigenvalue weighted by Gasteiger charge is -2.24. The van der Waals surface area contributed by atoms with E-state index in [2.05, 4.69) is 21.1 Å². The Labute approximate surface area is 129 Å². The molecule has 0 saturated carbocycles. The summed E-state index contributed by atoms with van der Waals surface area (Å²) in [6.07, 6.45) is 0. The first-order valence-electron chi connectivity index (χ1n) is 6.23. The number of nitrogens with two attached hydrogens (primary N) is 1. The zero-order valence-electron chi connectivity index (χ0n) is 11.6. The number of rotatable bonds is 5. The lowest BCUT2D eigenvalue weighted by Crippen LogP contribution is -2.39. The molecule has 0 aromatic heterocycles. The number of nitrogens with zero attached hydrogens (tertiary/aromatic N) is 2. The molecule has 1 unspecified atom stereocenters. The third-order valence-corrected chi connectivity index (χ3v) is 3.46. The van der Waals surface area contributed by atoms with E-state index in [1.807, 2.05) is 0 Å². The van der Waals surface area contributed by atoms with Crippen LogP contribution in [0.1, 0.15) is 24.2 Å². The largest absolute Gasteiger partial charge is 0.409 e. The van der Waals surface area contributed by atoms with Gasteiger partial charge in [0.05, 0.1) is 0 Å². The molecule has 0 fully saturated rings. The first kappa shape index (κ1) is 17.4. The number of amidine groups is 1. The molecule has 116 valence electrons. The molecule has 1 amide bonds. The van der Waals surface area contributed by atoms with Crippen molar-refractivity contribution in [2.45, 2.75) is 13.8 Å². The van der Waals surface area contributed by atoms with Crippen molar-refractivity contribution in [3.8, 4) is 0 Å². The van der Waals surface area contributed by atoms with Crippen LogP contribution in [0.2, 0.25) is 0 Å². The number of halogens is 3. The van der Waals surface area contributed by atoms with Crippen LogP contribution in [0.4, 0.5) is 8.78 Å². The third-order valence-electron chi connectivity index (χ3n) is 3.00. The van der Waals surface area contributed by atoms with Crippen molar-refractivity contribution < 1.29 is 18.8 Å². The molecule has 8 heteroatoms. The number of carbonyl (C=O) groups excluding carboxylic acids is 1. The van der Waals surface area contributed by atoms with Crippen LogP contribution in [-0.4, -0.2) is 34.9 Å². The second kappa shape index (κ2) is 7.35. The van der Waals surface area contributed by atoms with Crippen LogP contribution >= 0.6 is 15.9 Å². The van der Waals surface area contributed by atoms with Gasteiger partial charge in [0.15, 0.2) is 0 Å². The number of carbonyl (C=O) groups is 1. The maximum absolute atomic E-state index is 13.8. The molecule has 21 heavy (non-hydrogen) atoms. The number of hydrogen-bond acceptors (Lipinski definition) is 3. The van der Waals surface area contributed by atoms with Gasteiger partial charge in [-0.1, -0.05) is 28.0 Å². The van der Waals surface area contributed by atoms with Gasteiger partial charge in [0.2, 0.25) is 0 Å². The second-order valence-corrected chi connectivity index (χ2v) is 5.43. The van der Waals surface area contributed by atoms with Crippen LogP contribution in [-0.2, 0) is 0 Å². The van der Waals surface area contributed by atoms with Gasteiger partial charge in [-0.2, -0.15) is 0 Å². The summed E-state index contributed by atoms with van der Waals surface area (Å²) in [7, 11) is 0. The molecule has 1 atom stereocenters. The van der Waals surface area contributed by atoms with E-state index in [0.29, 0.717) is 0 Å². The monoisotopic (exact) mass is 363 g/mol. The normalized spacial score (nSPS) is 13.1. The summed E-state index contributed by atoms with van der Waals surface area (Å²) in [6.45, 7) is 3.63. The van der Waals surface area contributed by atoms with E-state index in [0.717, 1.165) is 12.1 Å². The molecule has 1 aromatic rings. The number of oxime groups is 1. The van der Waals surface area contributed by atoms with Gasteiger partial charge in [-0.3, -0.25) is 4.79 Å². The SMILES string of the molecule is CCN(CC(C)C(N)=NO)C(=O)c1c(F)cc(Br)cc1F. The Kier molecular flexibility index (Phi) is 6.07. The molecule has 3 N–H and O–H groups in total. The zero-order chi connectivity index (χ0) is 16.2. The quantitative estimate of drug-likeness (QED) is 0.365. The van der Waals surface area contributed by atoms with Crippen molar-refractivity contribution in [1.82, 2.24) is 4.90 Å². The second-order valence-electron chi connectivity index (χ2n) is 4.51. The Balaban J connectivity index is 3.05. The predicted molar refractivity (Wildman–Crippen MR) is 78.2 cm³/mol. The highest BCUT2D eigenvalue weighted by atomic mass is 79.9. The Morgan fingerprint density at radius 3 is 2.43 bits per heavy atom. The van der Waals surface area contributed by atoms with Gasteiger partial charge in [-0.25, -0.2) is 8.78 Å². The van der Waals surface area contributed by atoms with Gasteiger partial charge in [-0.05, 0) is 19.1 Å². The molecule has 0 bridgehead atoms. The fraction of sp³-hybridized carbons (Fsp3) is 0.385. The minimum atomic E-state index is -0.943. The lowest BCUT2D eigenvalue weighted by atomic mass is 10.1. The summed E-state index contributed by atoms with van der Waals surface area (Å²) >= 11 is 2.95. The summed E-state index contributed by atoms with van der Waals surface area (Å²) in [5.74, 6) is -3.17. The highest BCUT2D eigenvalue weighted by Gasteiger charge is 2.25. The molecule has 0 aliphatic carbocycles. The van der Waals surface area contributed by atoms with Gasteiger partial charge >= 0.3 is 0 Å². The van der Waals surface area contributed by atoms with E-state index in [9.17, 15) is 13.6 Å². The highest BCUT2D eigenvalue weighted by Crippen LogP contribution is 2.21. The lowest BCUT2D eigenvalue weighted by molar-refractivity contribution is 0.0744. The first-order chi connectivity index (χ1) is 9.81. The minimum Gasteiger partial charge on any atom is -0.409 e. The topological polar surface area (TPSA) is 78.9 Å². The molecular weight excluding hydrogens is 348 g/mol. The van der Waals surface area contributed by atoms with Crippen molar-refractivity contribution in [3.63, 3.8) is 0 Å². The van der Waals surface area contributed by atoms with Crippen LogP contribution in [0.15, 0.2) is 21.8 Å². The van der Waals surface area contributed by atoms with E-state index >= 15 is 0 Å². The van der Waals surface area contributed by atoms with Crippen molar-refractivity contribution in [2.24, 2.45) is 16.8 Å². The average molecular weight is 364 g/mol. The number of benzene rings is 1. The molecular formula is C13H16BrF2N3O2. The van der Waals surface area contributed by atoms with Crippen molar-refractivity contribution >= 4 is 27.7 Å². The molecule has 0 heterocycles. The smallest absolute Gasteiger partial charge is 0.259 e. The minimum absolute atomic E-state index is 0.0574. The standard InChI is InChI=1S/C13H16BrF2N3O2/c1-3-19(6-7(2)12(17)18-21)13(20)11-9(15)4-8(14)5-10(11)16/h4-5,7,21H,3,6H2,1-2H3,(H2,17,18). The summed E-state index contributed by atoms with van der Waals surface area (Å²) in [5, 5.41) is 11.5. The van der Waals surface area contributed by atoms with Crippen molar-refractivity contribution in [1.29, 1.82) is 0 Å². The molecule has 5 nitrogen and oxygen atoms in total. The Morgan fingerprint density at radius 2 is 2.00 bits per heavy atom. The Morgan fingerprint density at radius 1 is 1.48 bits per heavy atom. The molecule has 1 aromatic carbocycles. The molecule has 1 rings (SSSR count). The molecule has 0 aliphatic rings. The van der Waals surface area contributed by atoms with E-state index in [1.54, 1.807) is 13.8 Å². The van der Waals surface area contributed by atoms with E-state index < -0.39 is 29.0 Å². The summed E-state index contributed by atoms with van der Waals surface area (Å²) < 4.78 is 27.8. The summed E-state index contributed by atoms with van der Waals surface area (Å²) in [6, 6.07) is 2.05. The van der Waals surface area contributed by atoms with Crippen LogP contribution in [0.3, 0.4) is 0 Å². The van der Waals surface area contributed by atoms with Gasteiger partial charge in [0.25, 0.3) is 5.91 Å². The number of amides is 1. The Bertz CT molecular complexity index is 543. The maximum Gasteiger partial charge on any atom is 0.259 e. The molecule has 0 spiro atoms. The zero-order valence-corrected chi connectivity index (χ0v) is 13.2. The van der Waals surface area contributed by atoms with Crippen LogP contribution in [0.25, 0.3) is 0 Å². The summed E-state index contributed by atoms with van der Waals surface area (Å²) in [4.78, 5) is 13.5. The van der Waals surface area contributed by atoms with Gasteiger partial charge in [0, 0.05) is 23.5 Å². The van der Waals surface area contributed by atoms with E-state index in [1.165, 1.54) is 4.90 Å².